The zero-order chi connectivity index (χ0) is 14.5. The van der Waals surface area contributed by atoms with Crippen molar-refractivity contribution in [3.05, 3.63) is 64.7 Å². The summed E-state index contributed by atoms with van der Waals surface area (Å²) in [4.78, 5) is 12.0. The average Bonchev–Trinajstić information content (AvgIpc) is 2.42. The number of benzene rings is 2. The number of hydrogen-bond donors (Lipinski definition) is 2. The minimum Gasteiger partial charge on any atom is -0.399 e. The predicted molar refractivity (Wildman–Crippen MR) is 82.9 cm³/mol. The van der Waals surface area contributed by atoms with E-state index in [1.807, 2.05) is 31.2 Å². The molecule has 0 saturated heterocycles. The van der Waals surface area contributed by atoms with E-state index in [4.69, 9.17) is 17.3 Å². The highest BCUT2D eigenvalue weighted by atomic mass is 35.5. The smallest absolute Gasteiger partial charge is 0.251 e. The molecule has 1 atom stereocenters. The number of nitrogens with two attached hydrogens (primary N) is 1. The maximum atomic E-state index is 12.0. The largest absolute Gasteiger partial charge is 0.399 e. The number of halogens is 1. The quantitative estimate of drug-likeness (QED) is 0.848. The number of rotatable bonds is 4. The second-order valence-corrected chi connectivity index (χ2v) is 5.26. The molecule has 20 heavy (non-hydrogen) atoms. The third-order valence-electron chi connectivity index (χ3n) is 3.01. The first-order valence-corrected chi connectivity index (χ1v) is 6.83. The van der Waals surface area contributed by atoms with E-state index < -0.39 is 0 Å². The van der Waals surface area contributed by atoms with Crippen LogP contribution in [-0.4, -0.2) is 11.9 Å². The van der Waals surface area contributed by atoms with Crippen molar-refractivity contribution in [3.8, 4) is 0 Å². The van der Waals surface area contributed by atoms with Crippen LogP contribution in [0.4, 0.5) is 5.69 Å². The average molecular weight is 289 g/mol. The zero-order valence-electron chi connectivity index (χ0n) is 11.3. The van der Waals surface area contributed by atoms with Gasteiger partial charge in [-0.3, -0.25) is 4.79 Å². The van der Waals surface area contributed by atoms with E-state index in [2.05, 4.69) is 5.32 Å². The third kappa shape index (κ3) is 4.00. The molecule has 0 heterocycles. The molecule has 0 fully saturated rings. The van der Waals surface area contributed by atoms with E-state index >= 15 is 0 Å². The van der Waals surface area contributed by atoms with E-state index in [0.29, 0.717) is 16.3 Å². The molecule has 0 spiro atoms. The summed E-state index contributed by atoms with van der Waals surface area (Å²) in [5.74, 6) is -0.0912. The van der Waals surface area contributed by atoms with Gasteiger partial charge in [0.25, 0.3) is 5.91 Å². The molecule has 0 bridgehead atoms. The Morgan fingerprint density at radius 2 is 1.75 bits per heavy atom. The second-order valence-electron chi connectivity index (χ2n) is 4.83. The summed E-state index contributed by atoms with van der Waals surface area (Å²) < 4.78 is 0. The first-order valence-electron chi connectivity index (χ1n) is 6.45. The van der Waals surface area contributed by atoms with Crippen molar-refractivity contribution >= 4 is 23.2 Å². The normalized spacial score (nSPS) is 11.9. The summed E-state index contributed by atoms with van der Waals surface area (Å²) >= 11 is 5.85. The molecule has 0 aliphatic rings. The summed E-state index contributed by atoms with van der Waals surface area (Å²) in [6.45, 7) is 1.98. The van der Waals surface area contributed by atoms with Gasteiger partial charge in [0.1, 0.15) is 0 Å². The molecular formula is C16H17ClN2O. The minimum absolute atomic E-state index is 0.0428. The van der Waals surface area contributed by atoms with Crippen molar-refractivity contribution in [2.45, 2.75) is 19.4 Å². The van der Waals surface area contributed by atoms with Crippen molar-refractivity contribution in [2.24, 2.45) is 0 Å². The Balaban J connectivity index is 1.93. The molecule has 3 nitrogen and oxygen atoms in total. The van der Waals surface area contributed by atoms with Crippen LogP contribution < -0.4 is 11.1 Å². The van der Waals surface area contributed by atoms with Crippen LogP contribution in [0.1, 0.15) is 22.8 Å². The Bertz CT molecular complexity index is 578. The Morgan fingerprint density at radius 1 is 1.15 bits per heavy atom. The summed E-state index contributed by atoms with van der Waals surface area (Å²) in [5, 5.41) is 3.68. The molecule has 0 aliphatic carbocycles. The third-order valence-corrected chi connectivity index (χ3v) is 3.26. The predicted octanol–water partition coefficient (Wildman–Crippen LogP) is 3.28. The summed E-state index contributed by atoms with van der Waals surface area (Å²) in [6.07, 6.45) is 0.762. The van der Waals surface area contributed by atoms with Gasteiger partial charge in [0, 0.05) is 22.3 Å². The first kappa shape index (κ1) is 14.4. The van der Waals surface area contributed by atoms with Gasteiger partial charge < -0.3 is 11.1 Å². The van der Waals surface area contributed by atoms with Gasteiger partial charge in [0.15, 0.2) is 0 Å². The Labute approximate surface area is 123 Å². The lowest BCUT2D eigenvalue weighted by atomic mass is 10.1. The Hall–Kier alpha value is -2.00. The van der Waals surface area contributed by atoms with Gasteiger partial charge in [-0.15, -0.1) is 0 Å². The van der Waals surface area contributed by atoms with Gasteiger partial charge in [-0.2, -0.15) is 0 Å². The summed E-state index contributed by atoms with van der Waals surface area (Å²) in [6, 6.07) is 14.6. The Kier molecular flexibility index (Phi) is 4.64. The molecule has 104 valence electrons. The maximum absolute atomic E-state index is 12.0. The van der Waals surface area contributed by atoms with Crippen molar-refractivity contribution in [2.75, 3.05) is 5.73 Å². The maximum Gasteiger partial charge on any atom is 0.251 e. The van der Waals surface area contributed by atoms with Crippen LogP contribution in [0.25, 0.3) is 0 Å². The van der Waals surface area contributed by atoms with Gasteiger partial charge in [-0.05, 0) is 55.3 Å². The van der Waals surface area contributed by atoms with Gasteiger partial charge in [-0.1, -0.05) is 23.7 Å². The summed E-state index contributed by atoms with van der Waals surface area (Å²) in [7, 11) is 0. The monoisotopic (exact) mass is 288 g/mol. The molecule has 0 saturated carbocycles. The number of amides is 1. The van der Waals surface area contributed by atoms with Crippen LogP contribution in [0.15, 0.2) is 48.5 Å². The van der Waals surface area contributed by atoms with Gasteiger partial charge >= 0.3 is 0 Å². The highest BCUT2D eigenvalue weighted by Gasteiger charge is 2.10. The number of carbonyl (C=O) groups excluding carboxylic acids is 1. The fraction of sp³-hybridized carbons (Fsp3) is 0.188. The molecule has 4 heteroatoms. The fourth-order valence-electron chi connectivity index (χ4n) is 1.97. The molecule has 3 N–H and O–H groups in total. The summed E-state index contributed by atoms with van der Waals surface area (Å²) in [5.41, 5.74) is 8.00. The van der Waals surface area contributed by atoms with Gasteiger partial charge in [0.05, 0.1) is 0 Å². The molecule has 2 rings (SSSR count). The molecular weight excluding hydrogens is 272 g/mol. The van der Waals surface area contributed by atoms with E-state index in [1.165, 1.54) is 0 Å². The second kappa shape index (κ2) is 6.44. The standard InChI is InChI=1S/C16H17ClN2O/c1-11(10-12-2-6-14(17)7-3-12)19-16(20)13-4-8-15(18)9-5-13/h2-9,11H,10,18H2,1H3,(H,19,20). The molecule has 1 unspecified atom stereocenters. The minimum atomic E-state index is -0.0912. The van der Waals surface area contributed by atoms with Gasteiger partial charge in [0.2, 0.25) is 0 Å². The van der Waals surface area contributed by atoms with Crippen molar-refractivity contribution < 1.29 is 4.79 Å². The lowest BCUT2D eigenvalue weighted by Crippen LogP contribution is -2.34. The highest BCUT2D eigenvalue weighted by molar-refractivity contribution is 6.30. The van der Waals surface area contributed by atoms with Crippen molar-refractivity contribution in [1.82, 2.24) is 5.32 Å². The molecule has 2 aromatic rings. The number of hydrogen-bond acceptors (Lipinski definition) is 2. The lowest BCUT2D eigenvalue weighted by molar-refractivity contribution is 0.0940. The molecule has 0 aromatic heterocycles. The van der Waals surface area contributed by atoms with Crippen LogP contribution >= 0.6 is 11.6 Å². The zero-order valence-corrected chi connectivity index (χ0v) is 12.0. The topological polar surface area (TPSA) is 55.1 Å². The Morgan fingerprint density at radius 3 is 2.35 bits per heavy atom. The van der Waals surface area contributed by atoms with Crippen molar-refractivity contribution in [3.63, 3.8) is 0 Å². The van der Waals surface area contributed by atoms with E-state index in [0.717, 1.165) is 12.0 Å². The lowest BCUT2D eigenvalue weighted by Gasteiger charge is -2.14. The van der Waals surface area contributed by atoms with Crippen LogP contribution in [0.3, 0.4) is 0 Å². The number of carbonyl (C=O) groups is 1. The SMILES string of the molecule is CC(Cc1ccc(Cl)cc1)NC(=O)c1ccc(N)cc1. The van der Waals surface area contributed by atoms with Crippen LogP contribution in [0.2, 0.25) is 5.02 Å². The molecule has 0 radical (unpaired) electrons. The highest BCUT2D eigenvalue weighted by Crippen LogP contribution is 2.11. The van der Waals surface area contributed by atoms with Crippen molar-refractivity contribution in [1.29, 1.82) is 0 Å². The van der Waals surface area contributed by atoms with Gasteiger partial charge in [-0.25, -0.2) is 0 Å². The number of anilines is 1. The van der Waals surface area contributed by atoms with Crippen LogP contribution in [-0.2, 0) is 6.42 Å². The van der Waals surface area contributed by atoms with E-state index in [9.17, 15) is 4.79 Å². The molecule has 2 aromatic carbocycles. The van der Waals surface area contributed by atoms with Crippen LogP contribution in [0.5, 0.6) is 0 Å². The fourth-order valence-corrected chi connectivity index (χ4v) is 2.09. The number of nitrogens with one attached hydrogen (secondary N) is 1. The first-order chi connectivity index (χ1) is 9.54. The van der Waals surface area contributed by atoms with E-state index in [1.54, 1.807) is 24.3 Å². The van der Waals surface area contributed by atoms with E-state index in [-0.39, 0.29) is 11.9 Å². The number of nitrogen functional groups attached to an aromatic ring is 1. The molecule has 1 amide bonds. The van der Waals surface area contributed by atoms with Crippen LogP contribution in [0, 0.1) is 0 Å². The molecule has 0 aliphatic heterocycles.